The van der Waals surface area contributed by atoms with Crippen LogP contribution in [-0.2, 0) is 12.0 Å². The van der Waals surface area contributed by atoms with E-state index in [0.29, 0.717) is 5.52 Å². The van der Waals surface area contributed by atoms with E-state index in [1.165, 1.54) is 31.2 Å². The number of rotatable bonds is 3. The Labute approximate surface area is 135 Å². The Balaban J connectivity index is 1.83. The van der Waals surface area contributed by atoms with Gasteiger partial charge in [-0.05, 0) is 30.5 Å². The molecule has 1 fully saturated rings. The van der Waals surface area contributed by atoms with Gasteiger partial charge in [-0.25, -0.2) is 0 Å². The molecule has 3 heteroatoms. The minimum Gasteiger partial charge on any atom is -0.345 e. The molecule has 3 nitrogen and oxygen atoms in total. The summed E-state index contributed by atoms with van der Waals surface area (Å²) >= 11 is 0. The first-order valence-electron chi connectivity index (χ1n) is 8.28. The van der Waals surface area contributed by atoms with E-state index in [0.717, 1.165) is 12.1 Å². The van der Waals surface area contributed by atoms with Gasteiger partial charge in [0.1, 0.15) is 5.52 Å². The zero-order valence-electron chi connectivity index (χ0n) is 13.1. The van der Waals surface area contributed by atoms with Gasteiger partial charge >= 0.3 is 0 Å². The van der Waals surface area contributed by atoms with Gasteiger partial charge in [-0.2, -0.15) is 0 Å². The van der Waals surface area contributed by atoms with E-state index in [1.54, 1.807) is 12.3 Å². The molecule has 2 aromatic heterocycles. The molecule has 1 saturated carbocycles. The van der Waals surface area contributed by atoms with Crippen LogP contribution in [0.25, 0.3) is 11.0 Å². The van der Waals surface area contributed by atoms with E-state index >= 15 is 0 Å². The summed E-state index contributed by atoms with van der Waals surface area (Å²) in [6.45, 7) is 0.902. The van der Waals surface area contributed by atoms with E-state index in [4.69, 9.17) is 0 Å². The number of pyridine rings is 2. The molecule has 3 aromatic rings. The number of hydrogen-bond donors (Lipinski definition) is 0. The monoisotopic (exact) mass is 304 g/mol. The predicted octanol–water partition coefficient (Wildman–Crippen LogP) is 3.91. The number of benzene rings is 1. The summed E-state index contributed by atoms with van der Waals surface area (Å²) in [6, 6.07) is 16.4. The highest BCUT2D eigenvalue weighted by atomic mass is 16.1. The fraction of sp³-hybridized carbons (Fsp3) is 0.300. The molecule has 0 N–H and O–H groups in total. The van der Waals surface area contributed by atoms with Crippen LogP contribution in [0, 0.1) is 0 Å². The number of hydrogen-bond acceptors (Lipinski definition) is 2. The minimum atomic E-state index is -0.00275. The molecular weight excluding hydrogens is 284 g/mol. The van der Waals surface area contributed by atoms with Crippen LogP contribution in [0.2, 0.25) is 0 Å². The fourth-order valence-electron chi connectivity index (χ4n) is 3.98. The Kier molecular flexibility index (Phi) is 3.49. The first-order chi connectivity index (χ1) is 11.3. The van der Waals surface area contributed by atoms with Crippen molar-refractivity contribution in [3.8, 4) is 0 Å². The third kappa shape index (κ3) is 2.46. The van der Waals surface area contributed by atoms with E-state index < -0.39 is 0 Å². The number of fused-ring (bicyclic) bond motifs is 1. The SMILES string of the molecule is O=c1ccn(CC2(c3ccccc3)CCCC2)c2cccnc12. The fourth-order valence-corrected chi connectivity index (χ4v) is 3.98. The van der Waals surface area contributed by atoms with Crippen molar-refractivity contribution in [1.29, 1.82) is 0 Å². The largest absolute Gasteiger partial charge is 0.345 e. The Morgan fingerprint density at radius 2 is 1.78 bits per heavy atom. The van der Waals surface area contributed by atoms with Crippen LogP contribution in [0.3, 0.4) is 0 Å². The maximum absolute atomic E-state index is 12.0. The van der Waals surface area contributed by atoms with Crippen LogP contribution in [0.15, 0.2) is 65.7 Å². The number of nitrogens with zero attached hydrogens (tertiary/aromatic N) is 2. The second-order valence-electron chi connectivity index (χ2n) is 6.53. The Bertz CT molecular complexity index is 877. The molecule has 1 aromatic carbocycles. The summed E-state index contributed by atoms with van der Waals surface area (Å²) in [5.41, 5.74) is 3.07. The predicted molar refractivity (Wildman–Crippen MR) is 92.6 cm³/mol. The van der Waals surface area contributed by atoms with Gasteiger partial charge in [-0.15, -0.1) is 0 Å². The lowest BCUT2D eigenvalue weighted by Gasteiger charge is -2.31. The molecule has 116 valence electrons. The smallest absolute Gasteiger partial charge is 0.207 e. The number of aromatic nitrogens is 2. The summed E-state index contributed by atoms with van der Waals surface area (Å²) in [6.07, 6.45) is 8.55. The summed E-state index contributed by atoms with van der Waals surface area (Å²) < 4.78 is 2.21. The Morgan fingerprint density at radius 1 is 1.00 bits per heavy atom. The third-order valence-electron chi connectivity index (χ3n) is 5.15. The lowest BCUT2D eigenvalue weighted by molar-refractivity contribution is 0.376. The molecule has 0 atom stereocenters. The molecule has 0 aliphatic heterocycles. The molecule has 1 aliphatic rings. The quantitative estimate of drug-likeness (QED) is 0.735. The topological polar surface area (TPSA) is 34.9 Å². The molecule has 1 aliphatic carbocycles. The maximum atomic E-state index is 12.0. The molecule has 23 heavy (non-hydrogen) atoms. The van der Waals surface area contributed by atoms with Gasteiger partial charge in [0.25, 0.3) is 0 Å². The van der Waals surface area contributed by atoms with E-state index in [2.05, 4.69) is 39.9 Å². The lowest BCUT2D eigenvalue weighted by atomic mass is 9.78. The average molecular weight is 304 g/mol. The highest BCUT2D eigenvalue weighted by molar-refractivity contribution is 5.73. The Hall–Kier alpha value is -2.42. The highest BCUT2D eigenvalue weighted by Gasteiger charge is 2.35. The molecule has 4 rings (SSSR count). The first kappa shape index (κ1) is 14.2. The van der Waals surface area contributed by atoms with Crippen LogP contribution in [0.5, 0.6) is 0 Å². The zero-order chi connectivity index (χ0) is 15.7. The van der Waals surface area contributed by atoms with Gasteiger partial charge in [0.2, 0.25) is 5.43 Å². The second-order valence-corrected chi connectivity index (χ2v) is 6.53. The molecule has 0 saturated heterocycles. The van der Waals surface area contributed by atoms with Crippen molar-refractivity contribution in [2.24, 2.45) is 0 Å². The van der Waals surface area contributed by atoms with Gasteiger partial charge in [0, 0.05) is 30.4 Å². The van der Waals surface area contributed by atoms with Crippen molar-refractivity contribution in [2.75, 3.05) is 0 Å². The van der Waals surface area contributed by atoms with Gasteiger partial charge in [0.15, 0.2) is 0 Å². The van der Waals surface area contributed by atoms with E-state index in [1.807, 2.05) is 18.3 Å². The Morgan fingerprint density at radius 3 is 2.57 bits per heavy atom. The van der Waals surface area contributed by atoms with Crippen molar-refractivity contribution in [3.05, 3.63) is 76.7 Å². The normalized spacial score (nSPS) is 16.7. The van der Waals surface area contributed by atoms with Crippen LogP contribution in [0.1, 0.15) is 31.2 Å². The lowest BCUT2D eigenvalue weighted by Crippen LogP contribution is -2.29. The van der Waals surface area contributed by atoms with Crippen molar-refractivity contribution in [3.63, 3.8) is 0 Å². The molecule has 2 heterocycles. The van der Waals surface area contributed by atoms with Crippen molar-refractivity contribution in [2.45, 2.75) is 37.6 Å². The third-order valence-corrected chi connectivity index (χ3v) is 5.15. The van der Waals surface area contributed by atoms with Crippen molar-refractivity contribution in [1.82, 2.24) is 9.55 Å². The molecular formula is C20H20N2O. The van der Waals surface area contributed by atoms with E-state index in [9.17, 15) is 4.79 Å². The molecule has 0 unspecified atom stereocenters. The van der Waals surface area contributed by atoms with Gasteiger partial charge < -0.3 is 4.57 Å². The zero-order valence-corrected chi connectivity index (χ0v) is 13.1. The van der Waals surface area contributed by atoms with E-state index in [-0.39, 0.29) is 10.8 Å². The first-order valence-corrected chi connectivity index (χ1v) is 8.28. The summed E-state index contributed by atoms with van der Waals surface area (Å²) in [5, 5.41) is 0. The van der Waals surface area contributed by atoms with Crippen molar-refractivity contribution >= 4 is 11.0 Å². The van der Waals surface area contributed by atoms with Crippen LogP contribution < -0.4 is 5.43 Å². The van der Waals surface area contributed by atoms with Gasteiger partial charge in [-0.3, -0.25) is 9.78 Å². The molecule has 0 bridgehead atoms. The van der Waals surface area contributed by atoms with Crippen molar-refractivity contribution < 1.29 is 0 Å². The van der Waals surface area contributed by atoms with Crippen LogP contribution in [0.4, 0.5) is 0 Å². The van der Waals surface area contributed by atoms with Gasteiger partial charge in [0.05, 0.1) is 5.52 Å². The molecule has 0 spiro atoms. The van der Waals surface area contributed by atoms with Gasteiger partial charge in [-0.1, -0.05) is 43.2 Å². The maximum Gasteiger partial charge on any atom is 0.207 e. The highest BCUT2D eigenvalue weighted by Crippen LogP contribution is 2.42. The summed E-state index contributed by atoms with van der Waals surface area (Å²) in [5.74, 6) is 0. The molecule has 0 amide bonds. The van der Waals surface area contributed by atoms with Crippen LogP contribution in [-0.4, -0.2) is 9.55 Å². The standard InChI is InChI=1S/C20H20N2O/c23-18-10-14-22(17-9-6-13-21-19(17)18)15-20(11-4-5-12-20)16-7-2-1-3-8-16/h1-3,6-10,13-14H,4-5,11-12,15H2. The average Bonchev–Trinajstić information content (AvgIpc) is 3.08. The summed E-state index contributed by atoms with van der Waals surface area (Å²) in [7, 11) is 0. The van der Waals surface area contributed by atoms with Crippen LogP contribution >= 0.6 is 0 Å². The minimum absolute atomic E-state index is 0.00275. The second kappa shape index (κ2) is 5.65. The molecule has 0 radical (unpaired) electrons. The summed E-state index contributed by atoms with van der Waals surface area (Å²) in [4.78, 5) is 16.3.